The fourth-order valence-electron chi connectivity index (χ4n) is 2.65. The first-order valence-corrected chi connectivity index (χ1v) is 8.69. The number of esters is 1. The Morgan fingerprint density at radius 2 is 1.89 bits per heavy atom. The van der Waals surface area contributed by atoms with Crippen LogP contribution in [0, 0.1) is 0 Å². The zero-order valence-corrected chi connectivity index (χ0v) is 16.0. The molecular weight excluding hydrogens is 350 g/mol. The number of allylic oxidation sites excluding steroid dienone is 1. The molecule has 0 fully saturated rings. The molecule has 0 radical (unpaired) electrons. The number of hydrogen-bond donors (Lipinski definition) is 2. The summed E-state index contributed by atoms with van der Waals surface area (Å²) in [6.07, 6.45) is 0.381. The number of ether oxygens (including phenoxy) is 2. The highest BCUT2D eigenvalue weighted by molar-refractivity contribution is 5.95. The Morgan fingerprint density at radius 3 is 2.48 bits per heavy atom. The predicted molar refractivity (Wildman–Crippen MR) is 99.9 cm³/mol. The minimum absolute atomic E-state index is 0.0894. The zero-order chi connectivity index (χ0) is 20.0. The number of nitrogens with zero attached hydrogens (tertiary/aromatic N) is 1. The molecule has 2 N–H and O–H groups in total. The van der Waals surface area contributed by atoms with E-state index in [1.807, 2.05) is 0 Å². The molecule has 0 aliphatic carbocycles. The Balaban J connectivity index is 2.29. The predicted octanol–water partition coefficient (Wildman–Crippen LogP) is 2.19. The average molecular weight is 375 g/mol. The summed E-state index contributed by atoms with van der Waals surface area (Å²) >= 11 is 0. The van der Waals surface area contributed by atoms with Crippen LogP contribution in [0.2, 0.25) is 0 Å². The number of nitrogens with one attached hydrogen (secondary N) is 2. The number of urea groups is 1. The number of hydrogen-bond acceptors (Lipinski definition) is 5. The maximum Gasteiger partial charge on any atom is 0.338 e. The second-order valence-electron chi connectivity index (χ2n) is 6.09. The molecule has 8 nitrogen and oxygen atoms in total. The smallest absolute Gasteiger partial charge is 0.338 e. The van der Waals surface area contributed by atoms with Crippen molar-refractivity contribution in [3.63, 3.8) is 0 Å². The van der Waals surface area contributed by atoms with Crippen LogP contribution < -0.4 is 10.6 Å². The summed E-state index contributed by atoms with van der Waals surface area (Å²) in [5.41, 5.74) is 2.24. The van der Waals surface area contributed by atoms with Crippen molar-refractivity contribution >= 4 is 23.6 Å². The summed E-state index contributed by atoms with van der Waals surface area (Å²) in [4.78, 5) is 37.7. The third-order valence-corrected chi connectivity index (χ3v) is 4.34. The van der Waals surface area contributed by atoms with Crippen molar-refractivity contribution in [1.82, 2.24) is 10.2 Å². The van der Waals surface area contributed by atoms with E-state index in [0.29, 0.717) is 28.9 Å². The summed E-state index contributed by atoms with van der Waals surface area (Å²) in [5, 5.41) is 5.58. The van der Waals surface area contributed by atoms with Gasteiger partial charge in [0.15, 0.2) is 0 Å². The zero-order valence-electron chi connectivity index (χ0n) is 16.0. The lowest BCUT2D eigenvalue weighted by molar-refractivity contribution is -0.140. The highest BCUT2D eigenvalue weighted by atomic mass is 16.6. The second kappa shape index (κ2) is 9.18. The van der Waals surface area contributed by atoms with Crippen molar-refractivity contribution in [3.05, 3.63) is 41.1 Å². The maximum absolute atomic E-state index is 12.6. The van der Waals surface area contributed by atoms with E-state index in [0.717, 1.165) is 0 Å². The van der Waals surface area contributed by atoms with E-state index in [4.69, 9.17) is 9.47 Å². The molecule has 0 aromatic heterocycles. The maximum atomic E-state index is 12.6. The van der Waals surface area contributed by atoms with Gasteiger partial charge < -0.3 is 25.0 Å². The summed E-state index contributed by atoms with van der Waals surface area (Å²) in [6, 6.07) is 6.04. The molecule has 0 unspecified atom stereocenters. The molecule has 3 amide bonds. The Bertz CT molecular complexity index is 742. The lowest BCUT2D eigenvalue weighted by Crippen LogP contribution is -2.46. The number of benzene rings is 1. The lowest BCUT2D eigenvalue weighted by atomic mass is 9.95. The third-order valence-electron chi connectivity index (χ3n) is 4.34. The molecule has 27 heavy (non-hydrogen) atoms. The Labute approximate surface area is 158 Å². The molecule has 8 heteroatoms. The number of rotatable bonds is 7. The van der Waals surface area contributed by atoms with Gasteiger partial charge in [0.05, 0.1) is 18.2 Å². The van der Waals surface area contributed by atoms with Crippen molar-refractivity contribution in [2.24, 2.45) is 0 Å². The van der Waals surface area contributed by atoms with Crippen LogP contribution in [-0.4, -0.2) is 50.2 Å². The molecule has 0 saturated carbocycles. The monoisotopic (exact) mass is 375 g/mol. The van der Waals surface area contributed by atoms with Crippen LogP contribution in [0.4, 0.5) is 10.5 Å². The minimum atomic E-state index is -0.639. The Hall–Kier alpha value is -2.87. The van der Waals surface area contributed by atoms with E-state index in [-0.39, 0.29) is 25.2 Å². The lowest BCUT2D eigenvalue weighted by Gasteiger charge is -2.33. The van der Waals surface area contributed by atoms with Crippen molar-refractivity contribution in [2.45, 2.75) is 26.3 Å². The number of carbonyl (C=O) groups is 3. The molecule has 2 rings (SSSR count). The highest BCUT2D eigenvalue weighted by Gasteiger charge is 2.34. The summed E-state index contributed by atoms with van der Waals surface area (Å²) < 4.78 is 10.2. The molecule has 1 heterocycles. The summed E-state index contributed by atoms with van der Waals surface area (Å²) in [7, 11) is 3.11. The first-order chi connectivity index (χ1) is 12.9. The molecule has 1 atom stereocenters. The SMILES string of the molecule is CCC(=O)Nc1ccc([C@H]2NC(=O)N(C)C(C)=C2C(=O)OCCOC)cc1. The van der Waals surface area contributed by atoms with E-state index >= 15 is 0 Å². The van der Waals surface area contributed by atoms with Crippen LogP contribution in [0.15, 0.2) is 35.5 Å². The van der Waals surface area contributed by atoms with Crippen LogP contribution in [0.3, 0.4) is 0 Å². The quantitative estimate of drug-likeness (QED) is 0.562. The van der Waals surface area contributed by atoms with Gasteiger partial charge >= 0.3 is 12.0 Å². The van der Waals surface area contributed by atoms with E-state index in [1.54, 1.807) is 45.2 Å². The fraction of sp³-hybridized carbons (Fsp3) is 0.421. The Morgan fingerprint density at radius 1 is 1.22 bits per heavy atom. The van der Waals surface area contributed by atoms with Crippen LogP contribution in [0.25, 0.3) is 0 Å². The van der Waals surface area contributed by atoms with Crippen molar-refractivity contribution in [2.75, 3.05) is 32.7 Å². The molecule has 146 valence electrons. The first-order valence-electron chi connectivity index (χ1n) is 8.69. The van der Waals surface area contributed by atoms with Crippen LogP contribution in [-0.2, 0) is 19.1 Å². The van der Waals surface area contributed by atoms with Crippen LogP contribution in [0.5, 0.6) is 0 Å². The van der Waals surface area contributed by atoms with Gasteiger partial charge in [0.25, 0.3) is 0 Å². The summed E-state index contributed by atoms with van der Waals surface area (Å²) in [5.74, 6) is -0.599. The largest absolute Gasteiger partial charge is 0.460 e. The van der Waals surface area contributed by atoms with Crippen molar-refractivity contribution in [3.8, 4) is 0 Å². The van der Waals surface area contributed by atoms with Crippen LogP contribution >= 0.6 is 0 Å². The van der Waals surface area contributed by atoms with Gasteiger partial charge in [-0.05, 0) is 24.6 Å². The van der Waals surface area contributed by atoms with Gasteiger partial charge in [-0.3, -0.25) is 4.79 Å². The second-order valence-corrected chi connectivity index (χ2v) is 6.09. The molecule has 0 bridgehead atoms. The normalized spacial score (nSPS) is 16.8. The van der Waals surface area contributed by atoms with E-state index in [2.05, 4.69) is 10.6 Å². The molecule has 0 spiro atoms. The molecule has 1 aliphatic heterocycles. The fourth-order valence-corrected chi connectivity index (χ4v) is 2.65. The van der Waals surface area contributed by atoms with Gasteiger partial charge in [-0.15, -0.1) is 0 Å². The van der Waals surface area contributed by atoms with E-state index in [1.165, 1.54) is 12.0 Å². The third kappa shape index (κ3) is 4.85. The molecule has 1 aromatic carbocycles. The standard InChI is InChI=1S/C19H25N3O5/c1-5-15(23)20-14-8-6-13(7-9-14)17-16(18(24)27-11-10-26-4)12(2)22(3)19(25)21-17/h6-9,17H,5,10-11H2,1-4H3,(H,20,23)(H,21,25)/t17-/m1/s1. The van der Waals surface area contributed by atoms with Crippen LogP contribution in [0.1, 0.15) is 31.9 Å². The van der Waals surface area contributed by atoms with Crippen molar-refractivity contribution < 1.29 is 23.9 Å². The summed E-state index contributed by atoms with van der Waals surface area (Å²) in [6.45, 7) is 3.89. The van der Waals surface area contributed by atoms with E-state index in [9.17, 15) is 14.4 Å². The number of anilines is 1. The van der Waals surface area contributed by atoms with Crippen molar-refractivity contribution in [1.29, 1.82) is 0 Å². The van der Waals surface area contributed by atoms with Gasteiger partial charge in [-0.2, -0.15) is 0 Å². The first kappa shape index (κ1) is 20.4. The highest BCUT2D eigenvalue weighted by Crippen LogP contribution is 2.31. The molecule has 1 aromatic rings. The number of amides is 3. The van der Waals surface area contributed by atoms with Gasteiger partial charge in [0.2, 0.25) is 5.91 Å². The van der Waals surface area contributed by atoms with E-state index < -0.39 is 12.0 Å². The number of carbonyl (C=O) groups excluding carboxylic acids is 3. The average Bonchev–Trinajstić information content (AvgIpc) is 2.66. The topological polar surface area (TPSA) is 97.0 Å². The Kier molecular flexibility index (Phi) is 6.95. The van der Waals surface area contributed by atoms with Gasteiger partial charge in [0.1, 0.15) is 6.61 Å². The molecule has 0 saturated heterocycles. The minimum Gasteiger partial charge on any atom is -0.460 e. The van der Waals surface area contributed by atoms with Gasteiger partial charge in [0, 0.05) is 32.0 Å². The number of methoxy groups -OCH3 is 1. The molecular formula is C19H25N3O5. The van der Waals surface area contributed by atoms with Gasteiger partial charge in [-0.25, -0.2) is 9.59 Å². The molecule has 1 aliphatic rings. The van der Waals surface area contributed by atoms with Gasteiger partial charge in [-0.1, -0.05) is 19.1 Å².